The van der Waals surface area contributed by atoms with Gasteiger partial charge in [0.2, 0.25) is 0 Å². The van der Waals surface area contributed by atoms with Crippen LogP contribution in [-0.4, -0.2) is 31.5 Å². The van der Waals surface area contributed by atoms with E-state index in [0.717, 1.165) is 25.2 Å². The van der Waals surface area contributed by atoms with Crippen LogP contribution in [0, 0.1) is 5.92 Å². The Kier molecular flexibility index (Phi) is 3.92. The first-order valence-corrected chi connectivity index (χ1v) is 5.03. The van der Waals surface area contributed by atoms with Gasteiger partial charge in [0.15, 0.2) is 0 Å². The van der Waals surface area contributed by atoms with E-state index >= 15 is 0 Å². The van der Waals surface area contributed by atoms with Crippen molar-refractivity contribution in [3.63, 3.8) is 0 Å². The van der Waals surface area contributed by atoms with Crippen LogP contribution >= 0.6 is 0 Å². The molecule has 0 radical (unpaired) electrons. The monoisotopic (exact) mass is 198 g/mol. The fourth-order valence-electron chi connectivity index (χ4n) is 1.46. The number of esters is 1. The molecule has 1 rings (SSSR count). The van der Waals surface area contributed by atoms with E-state index in [1.165, 1.54) is 7.11 Å². The lowest BCUT2D eigenvalue weighted by Gasteiger charge is -2.20. The molecule has 0 saturated heterocycles. The summed E-state index contributed by atoms with van der Waals surface area (Å²) in [6.45, 7) is 4.85. The van der Waals surface area contributed by atoms with E-state index in [2.05, 4.69) is 10.3 Å². The molecule has 0 amide bonds. The van der Waals surface area contributed by atoms with Gasteiger partial charge in [-0.3, -0.25) is 4.99 Å². The Morgan fingerprint density at radius 3 is 2.71 bits per heavy atom. The molecule has 0 aromatic carbocycles. The molecule has 0 fully saturated rings. The van der Waals surface area contributed by atoms with Gasteiger partial charge in [-0.25, -0.2) is 4.79 Å². The first-order valence-electron chi connectivity index (χ1n) is 5.03. The molecular formula is C10H18N2O2. The van der Waals surface area contributed by atoms with E-state index in [0.29, 0.717) is 0 Å². The number of carbonyl (C=O) groups excluding carboxylic acids is 1. The van der Waals surface area contributed by atoms with Gasteiger partial charge in [-0.2, -0.15) is 0 Å². The zero-order valence-electron chi connectivity index (χ0n) is 9.04. The van der Waals surface area contributed by atoms with Gasteiger partial charge < -0.3 is 10.1 Å². The van der Waals surface area contributed by atoms with Gasteiger partial charge in [0.25, 0.3) is 0 Å². The van der Waals surface area contributed by atoms with Crippen LogP contribution in [0.2, 0.25) is 0 Å². The predicted octanol–water partition coefficient (Wildman–Crippen LogP) is 0.966. The second kappa shape index (κ2) is 4.98. The van der Waals surface area contributed by atoms with Crippen LogP contribution in [0.1, 0.15) is 26.7 Å². The standard InChI is InChI=1S/C10H18N2O2/c1-7(2)9(10(13)14-3)12-8-5-4-6-11-8/h7,9H,4-6H2,1-3H3,(H,11,12). The van der Waals surface area contributed by atoms with E-state index in [1.54, 1.807) is 0 Å². The highest BCUT2D eigenvalue weighted by atomic mass is 16.5. The summed E-state index contributed by atoms with van der Waals surface area (Å²) in [4.78, 5) is 15.7. The zero-order chi connectivity index (χ0) is 10.6. The lowest BCUT2D eigenvalue weighted by molar-refractivity contribution is -0.143. The number of carbonyl (C=O) groups is 1. The minimum absolute atomic E-state index is 0.213. The summed E-state index contributed by atoms with van der Waals surface area (Å²) in [5.74, 6) is 0.939. The minimum Gasteiger partial charge on any atom is -0.467 e. The lowest BCUT2D eigenvalue weighted by atomic mass is 10.0. The van der Waals surface area contributed by atoms with E-state index in [9.17, 15) is 4.79 Å². The van der Waals surface area contributed by atoms with E-state index in [4.69, 9.17) is 4.74 Å². The Balaban J connectivity index is 2.54. The molecule has 1 aliphatic rings. The Morgan fingerprint density at radius 1 is 1.57 bits per heavy atom. The maximum Gasteiger partial charge on any atom is 0.328 e. The van der Waals surface area contributed by atoms with Crippen molar-refractivity contribution in [3.05, 3.63) is 0 Å². The number of hydrogen-bond acceptors (Lipinski definition) is 4. The SMILES string of the molecule is COC(=O)C(NC1=NCCC1)C(C)C. The topological polar surface area (TPSA) is 50.7 Å². The average Bonchev–Trinajstić information content (AvgIpc) is 2.65. The number of nitrogens with one attached hydrogen (secondary N) is 1. The third-order valence-electron chi connectivity index (χ3n) is 2.32. The number of amidine groups is 1. The highest BCUT2D eigenvalue weighted by molar-refractivity contribution is 5.88. The predicted molar refractivity (Wildman–Crippen MR) is 55.3 cm³/mol. The molecular weight excluding hydrogens is 180 g/mol. The molecule has 1 N–H and O–H groups in total. The van der Waals surface area contributed by atoms with Crippen molar-refractivity contribution in [2.45, 2.75) is 32.7 Å². The first-order chi connectivity index (χ1) is 6.65. The van der Waals surface area contributed by atoms with Gasteiger partial charge in [-0.15, -0.1) is 0 Å². The van der Waals surface area contributed by atoms with Gasteiger partial charge in [-0.1, -0.05) is 13.8 Å². The van der Waals surface area contributed by atoms with E-state index in [-0.39, 0.29) is 17.9 Å². The molecule has 4 heteroatoms. The molecule has 4 nitrogen and oxygen atoms in total. The minimum atomic E-state index is -0.267. The van der Waals surface area contributed by atoms with E-state index in [1.807, 2.05) is 13.8 Å². The van der Waals surface area contributed by atoms with Crippen molar-refractivity contribution >= 4 is 11.8 Å². The van der Waals surface area contributed by atoms with Crippen LogP contribution in [-0.2, 0) is 9.53 Å². The van der Waals surface area contributed by atoms with Crippen LogP contribution in [0.5, 0.6) is 0 Å². The number of rotatable bonds is 3. The van der Waals surface area contributed by atoms with Crippen LogP contribution in [0.4, 0.5) is 0 Å². The Hall–Kier alpha value is -1.06. The van der Waals surface area contributed by atoms with Crippen molar-refractivity contribution in [1.29, 1.82) is 0 Å². The summed E-state index contributed by atoms with van der Waals surface area (Å²) >= 11 is 0. The fourth-order valence-corrected chi connectivity index (χ4v) is 1.46. The average molecular weight is 198 g/mol. The summed E-state index contributed by atoms with van der Waals surface area (Å²) in [7, 11) is 1.41. The van der Waals surface area contributed by atoms with Crippen molar-refractivity contribution < 1.29 is 9.53 Å². The molecule has 1 unspecified atom stereocenters. The maximum absolute atomic E-state index is 11.4. The quantitative estimate of drug-likeness (QED) is 0.687. The highest BCUT2D eigenvalue weighted by Gasteiger charge is 2.24. The van der Waals surface area contributed by atoms with Gasteiger partial charge in [0.05, 0.1) is 12.9 Å². The number of methoxy groups -OCH3 is 1. The molecule has 0 aromatic rings. The molecule has 0 spiro atoms. The van der Waals surface area contributed by atoms with Crippen LogP contribution < -0.4 is 5.32 Å². The van der Waals surface area contributed by atoms with Gasteiger partial charge in [-0.05, 0) is 12.3 Å². The summed E-state index contributed by atoms with van der Waals surface area (Å²) in [6.07, 6.45) is 2.02. The third kappa shape index (κ3) is 2.72. The summed E-state index contributed by atoms with van der Waals surface area (Å²) in [5.41, 5.74) is 0. The molecule has 1 atom stereocenters. The first kappa shape index (κ1) is 11.0. The Bertz CT molecular complexity index is 236. The molecule has 0 saturated carbocycles. The number of ether oxygens (including phenoxy) is 1. The Morgan fingerprint density at radius 2 is 2.29 bits per heavy atom. The number of aliphatic imine (C=N–C) groups is 1. The largest absolute Gasteiger partial charge is 0.467 e. The second-order valence-electron chi connectivity index (χ2n) is 3.82. The van der Waals surface area contributed by atoms with Crippen molar-refractivity contribution in [1.82, 2.24) is 5.32 Å². The summed E-state index contributed by atoms with van der Waals surface area (Å²) in [6, 6.07) is -0.267. The molecule has 0 aromatic heterocycles. The van der Waals surface area contributed by atoms with Crippen molar-refractivity contribution in [3.8, 4) is 0 Å². The second-order valence-corrected chi connectivity index (χ2v) is 3.82. The number of nitrogens with zero attached hydrogens (tertiary/aromatic N) is 1. The molecule has 1 aliphatic heterocycles. The van der Waals surface area contributed by atoms with E-state index < -0.39 is 0 Å². The van der Waals surface area contributed by atoms with Gasteiger partial charge >= 0.3 is 5.97 Å². The molecule has 80 valence electrons. The summed E-state index contributed by atoms with van der Waals surface area (Å²) < 4.78 is 4.73. The fraction of sp³-hybridized carbons (Fsp3) is 0.800. The lowest BCUT2D eigenvalue weighted by Crippen LogP contribution is -2.44. The van der Waals surface area contributed by atoms with Crippen LogP contribution in [0.15, 0.2) is 4.99 Å². The van der Waals surface area contributed by atoms with Gasteiger partial charge in [0.1, 0.15) is 6.04 Å². The van der Waals surface area contributed by atoms with Crippen molar-refractivity contribution in [2.24, 2.45) is 10.9 Å². The zero-order valence-corrected chi connectivity index (χ0v) is 9.04. The van der Waals surface area contributed by atoms with Crippen molar-refractivity contribution in [2.75, 3.05) is 13.7 Å². The number of hydrogen-bond donors (Lipinski definition) is 1. The molecule has 14 heavy (non-hydrogen) atoms. The maximum atomic E-state index is 11.4. The normalized spacial score (nSPS) is 17.9. The molecule has 0 aliphatic carbocycles. The highest BCUT2D eigenvalue weighted by Crippen LogP contribution is 2.08. The van der Waals surface area contributed by atoms with Crippen LogP contribution in [0.3, 0.4) is 0 Å². The molecule has 1 heterocycles. The Labute approximate surface area is 84.7 Å². The smallest absolute Gasteiger partial charge is 0.328 e. The third-order valence-corrected chi connectivity index (χ3v) is 2.32. The molecule has 0 bridgehead atoms. The summed E-state index contributed by atoms with van der Waals surface area (Å²) in [5, 5.41) is 3.14. The van der Waals surface area contributed by atoms with Gasteiger partial charge in [0, 0.05) is 13.0 Å². The van der Waals surface area contributed by atoms with Crippen LogP contribution in [0.25, 0.3) is 0 Å².